The molecule has 0 aliphatic rings. The van der Waals surface area contributed by atoms with E-state index in [4.69, 9.17) is 10.4 Å². The largest absolute Gasteiger partial charge is 0.395 e. The number of alkyl halides is 2. The van der Waals surface area contributed by atoms with Gasteiger partial charge >= 0.3 is 0 Å². The summed E-state index contributed by atoms with van der Waals surface area (Å²) in [6.07, 6.45) is -1.14. The molecule has 0 aromatic carbocycles. The standard InChI is InChI=1S/C10H11F2N3O/c11-9(12)7-15(3-4-16)10-5-8(6-13)1-2-14-10/h1-2,5,9,16H,3-4,7H2. The first kappa shape index (κ1) is 12.3. The van der Waals surface area contributed by atoms with Gasteiger partial charge in [0.2, 0.25) is 0 Å². The number of pyridine rings is 1. The van der Waals surface area contributed by atoms with E-state index in [9.17, 15) is 8.78 Å². The fraction of sp³-hybridized carbons (Fsp3) is 0.400. The molecule has 1 heterocycles. The van der Waals surface area contributed by atoms with Gasteiger partial charge in [0.25, 0.3) is 6.43 Å². The van der Waals surface area contributed by atoms with Gasteiger partial charge in [0.15, 0.2) is 0 Å². The molecule has 0 aliphatic carbocycles. The quantitative estimate of drug-likeness (QED) is 0.815. The minimum Gasteiger partial charge on any atom is -0.395 e. The topological polar surface area (TPSA) is 60.2 Å². The second-order valence-electron chi connectivity index (χ2n) is 3.08. The van der Waals surface area contributed by atoms with E-state index in [0.29, 0.717) is 5.56 Å². The van der Waals surface area contributed by atoms with Gasteiger partial charge in [-0.1, -0.05) is 0 Å². The van der Waals surface area contributed by atoms with E-state index in [1.165, 1.54) is 23.2 Å². The summed E-state index contributed by atoms with van der Waals surface area (Å²) in [6.45, 7) is -0.695. The Labute approximate surface area is 91.8 Å². The third-order valence-electron chi connectivity index (χ3n) is 1.93. The normalized spacial score (nSPS) is 10.2. The zero-order valence-electron chi connectivity index (χ0n) is 8.48. The van der Waals surface area contributed by atoms with Crippen molar-refractivity contribution in [3.8, 4) is 6.07 Å². The first-order chi connectivity index (χ1) is 7.67. The summed E-state index contributed by atoms with van der Waals surface area (Å²) >= 11 is 0. The number of hydrogen-bond acceptors (Lipinski definition) is 4. The Morgan fingerprint density at radius 2 is 2.31 bits per heavy atom. The van der Waals surface area contributed by atoms with E-state index in [-0.39, 0.29) is 19.0 Å². The lowest BCUT2D eigenvalue weighted by molar-refractivity contribution is 0.152. The second-order valence-corrected chi connectivity index (χ2v) is 3.08. The monoisotopic (exact) mass is 227 g/mol. The lowest BCUT2D eigenvalue weighted by atomic mass is 10.3. The van der Waals surface area contributed by atoms with Crippen molar-refractivity contribution in [1.82, 2.24) is 4.98 Å². The number of nitriles is 1. The molecule has 1 aromatic heterocycles. The number of anilines is 1. The van der Waals surface area contributed by atoms with Crippen molar-refractivity contribution < 1.29 is 13.9 Å². The Kier molecular flexibility index (Phi) is 4.61. The number of aliphatic hydroxyl groups is 1. The van der Waals surface area contributed by atoms with Gasteiger partial charge in [0.05, 0.1) is 24.8 Å². The van der Waals surface area contributed by atoms with Crippen LogP contribution in [0.15, 0.2) is 18.3 Å². The Hall–Kier alpha value is -1.74. The van der Waals surface area contributed by atoms with Gasteiger partial charge in [-0.2, -0.15) is 5.26 Å². The maximum atomic E-state index is 12.3. The average molecular weight is 227 g/mol. The van der Waals surface area contributed by atoms with Crippen LogP contribution >= 0.6 is 0 Å². The second kappa shape index (κ2) is 5.98. The predicted octanol–water partition coefficient (Wildman–Crippen LogP) is 1.02. The Morgan fingerprint density at radius 1 is 1.56 bits per heavy atom. The lowest BCUT2D eigenvalue weighted by Crippen LogP contribution is -2.32. The lowest BCUT2D eigenvalue weighted by Gasteiger charge is -2.22. The van der Waals surface area contributed by atoms with Gasteiger partial charge in [-0.05, 0) is 12.1 Å². The smallest absolute Gasteiger partial charge is 0.255 e. The van der Waals surface area contributed by atoms with Crippen molar-refractivity contribution in [3.63, 3.8) is 0 Å². The number of hydrogen-bond donors (Lipinski definition) is 1. The van der Waals surface area contributed by atoms with Gasteiger partial charge in [-0.25, -0.2) is 13.8 Å². The highest BCUT2D eigenvalue weighted by Crippen LogP contribution is 2.13. The van der Waals surface area contributed by atoms with Gasteiger partial charge < -0.3 is 10.0 Å². The highest BCUT2D eigenvalue weighted by molar-refractivity contribution is 5.44. The van der Waals surface area contributed by atoms with E-state index in [0.717, 1.165) is 0 Å². The number of aromatic nitrogens is 1. The van der Waals surface area contributed by atoms with Crippen LogP contribution in [0.4, 0.5) is 14.6 Å². The van der Waals surface area contributed by atoms with Crippen molar-refractivity contribution in [3.05, 3.63) is 23.9 Å². The van der Waals surface area contributed by atoms with Crippen LogP contribution in [0.2, 0.25) is 0 Å². The van der Waals surface area contributed by atoms with Crippen molar-refractivity contribution >= 4 is 5.82 Å². The van der Waals surface area contributed by atoms with E-state index >= 15 is 0 Å². The molecule has 0 saturated carbocycles. The van der Waals surface area contributed by atoms with Gasteiger partial charge in [0, 0.05) is 12.7 Å². The van der Waals surface area contributed by atoms with Crippen molar-refractivity contribution in [2.24, 2.45) is 0 Å². The Morgan fingerprint density at radius 3 is 2.88 bits per heavy atom. The number of halogens is 2. The summed E-state index contributed by atoms with van der Waals surface area (Å²) in [4.78, 5) is 5.13. The fourth-order valence-corrected chi connectivity index (χ4v) is 1.25. The molecule has 16 heavy (non-hydrogen) atoms. The van der Waals surface area contributed by atoms with Crippen molar-refractivity contribution in [2.75, 3.05) is 24.6 Å². The zero-order chi connectivity index (χ0) is 12.0. The van der Waals surface area contributed by atoms with E-state index < -0.39 is 13.0 Å². The van der Waals surface area contributed by atoms with Crippen LogP contribution in [0.5, 0.6) is 0 Å². The molecule has 0 atom stereocenters. The SMILES string of the molecule is N#Cc1ccnc(N(CCO)CC(F)F)c1. The minimum atomic E-state index is -2.51. The molecule has 4 nitrogen and oxygen atoms in total. The third kappa shape index (κ3) is 3.44. The fourth-order valence-electron chi connectivity index (χ4n) is 1.25. The van der Waals surface area contributed by atoms with Crippen LogP contribution in [0.25, 0.3) is 0 Å². The molecule has 1 rings (SSSR count). The first-order valence-electron chi connectivity index (χ1n) is 4.67. The van der Waals surface area contributed by atoms with Crippen molar-refractivity contribution in [2.45, 2.75) is 6.43 Å². The van der Waals surface area contributed by atoms with Crippen LogP contribution in [-0.4, -0.2) is 36.2 Å². The molecule has 1 N–H and O–H groups in total. The van der Waals surface area contributed by atoms with Gasteiger partial charge in [-0.15, -0.1) is 0 Å². The molecule has 0 aliphatic heterocycles. The molecule has 86 valence electrons. The predicted molar refractivity (Wildman–Crippen MR) is 54.3 cm³/mol. The molecule has 1 aromatic rings. The number of nitrogens with zero attached hydrogens (tertiary/aromatic N) is 3. The average Bonchev–Trinajstić information content (AvgIpc) is 2.28. The van der Waals surface area contributed by atoms with E-state index in [2.05, 4.69) is 4.98 Å². The zero-order valence-corrected chi connectivity index (χ0v) is 8.48. The highest BCUT2D eigenvalue weighted by Gasteiger charge is 2.13. The van der Waals surface area contributed by atoms with Crippen LogP contribution in [0.3, 0.4) is 0 Å². The summed E-state index contributed by atoms with van der Waals surface area (Å²) in [5.41, 5.74) is 0.349. The summed E-state index contributed by atoms with van der Waals surface area (Å²) in [5, 5.41) is 17.4. The van der Waals surface area contributed by atoms with Crippen LogP contribution < -0.4 is 4.90 Å². The Bertz CT molecular complexity index is 379. The minimum absolute atomic E-state index is 0.0617. The summed E-state index contributed by atoms with van der Waals surface area (Å²) in [6, 6.07) is 4.80. The molecular weight excluding hydrogens is 216 g/mol. The number of aliphatic hydroxyl groups excluding tert-OH is 1. The molecule has 0 amide bonds. The van der Waals surface area contributed by atoms with Crippen LogP contribution in [0.1, 0.15) is 5.56 Å². The molecule has 0 unspecified atom stereocenters. The molecule has 6 heteroatoms. The first-order valence-corrected chi connectivity index (χ1v) is 4.67. The van der Waals surface area contributed by atoms with Crippen LogP contribution in [0, 0.1) is 11.3 Å². The molecule has 0 radical (unpaired) electrons. The van der Waals surface area contributed by atoms with Gasteiger partial charge in [-0.3, -0.25) is 0 Å². The maximum absolute atomic E-state index is 12.3. The van der Waals surface area contributed by atoms with E-state index in [1.54, 1.807) is 0 Å². The molecule has 0 saturated heterocycles. The van der Waals surface area contributed by atoms with Crippen LogP contribution in [-0.2, 0) is 0 Å². The van der Waals surface area contributed by atoms with Crippen molar-refractivity contribution in [1.29, 1.82) is 5.26 Å². The summed E-state index contributed by atoms with van der Waals surface area (Å²) in [7, 11) is 0. The Balaban J connectivity index is 2.87. The maximum Gasteiger partial charge on any atom is 0.255 e. The van der Waals surface area contributed by atoms with E-state index in [1.807, 2.05) is 6.07 Å². The molecule has 0 bridgehead atoms. The van der Waals surface area contributed by atoms with Gasteiger partial charge in [0.1, 0.15) is 5.82 Å². The molecule has 0 spiro atoms. The summed E-state index contributed by atoms with van der Waals surface area (Å²) < 4.78 is 24.5. The highest BCUT2D eigenvalue weighted by atomic mass is 19.3. The summed E-state index contributed by atoms with van der Waals surface area (Å²) in [5.74, 6) is 0.272. The number of rotatable bonds is 5. The molecular formula is C10H11F2N3O. The molecule has 0 fully saturated rings. The third-order valence-corrected chi connectivity index (χ3v) is 1.93.